The molecule has 0 heterocycles. The van der Waals surface area contributed by atoms with Crippen molar-refractivity contribution in [3.63, 3.8) is 0 Å². The number of rotatable bonds is 8. The summed E-state index contributed by atoms with van der Waals surface area (Å²) in [7, 11) is 0. The Kier molecular flexibility index (Phi) is 7.49. The number of carboxylic acid groups (broad SMARTS) is 1. The van der Waals surface area contributed by atoms with Gasteiger partial charge in [0.05, 0.1) is 25.1 Å². The summed E-state index contributed by atoms with van der Waals surface area (Å²) in [6.07, 6.45) is 1.12. The molecule has 0 aromatic heterocycles. The minimum absolute atomic E-state index is 0.168. The van der Waals surface area contributed by atoms with Gasteiger partial charge in [0.2, 0.25) is 5.91 Å². The van der Waals surface area contributed by atoms with E-state index in [2.05, 4.69) is 5.32 Å². The van der Waals surface area contributed by atoms with Gasteiger partial charge in [0.1, 0.15) is 0 Å². The van der Waals surface area contributed by atoms with E-state index in [0.29, 0.717) is 12.3 Å². The van der Waals surface area contributed by atoms with Crippen LogP contribution in [0.1, 0.15) is 33.1 Å². The van der Waals surface area contributed by atoms with E-state index in [1.807, 2.05) is 13.8 Å². The molecule has 0 rings (SSSR count). The number of carbonyl (C=O) groups excluding carboxylic acids is 1. The van der Waals surface area contributed by atoms with Crippen molar-refractivity contribution >= 4 is 11.9 Å². The van der Waals surface area contributed by atoms with Gasteiger partial charge in [0.25, 0.3) is 0 Å². The Morgan fingerprint density at radius 2 is 1.88 bits per heavy atom. The maximum absolute atomic E-state index is 11.5. The highest BCUT2D eigenvalue weighted by atomic mass is 16.4. The van der Waals surface area contributed by atoms with Crippen LogP contribution < -0.4 is 11.1 Å². The predicted molar refractivity (Wildman–Crippen MR) is 63.3 cm³/mol. The highest BCUT2D eigenvalue weighted by Crippen LogP contribution is 2.06. The summed E-state index contributed by atoms with van der Waals surface area (Å²) in [5.74, 6) is -1.17. The number of nitrogens with one attached hydrogen (secondary N) is 1. The van der Waals surface area contributed by atoms with Crippen molar-refractivity contribution in [1.29, 1.82) is 0 Å². The van der Waals surface area contributed by atoms with Gasteiger partial charge in [-0.1, -0.05) is 13.8 Å². The number of hydrogen-bond acceptors (Lipinski definition) is 4. The van der Waals surface area contributed by atoms with Gasteiger partial charge in [0, 0.05) is 0 Å². The minimum Gasteiger partial charge on any atom is -0.481 e. The van der Waals surface area contributed by atoms with Crippen molar-refractivity contribution in [3.8, 4) is 0 Å². The Hall–Kier alpha value is -1.14. The number of hydrogen-bond donors (Lipinski definition) is 4. The number of carboxylic acids is 1. The van der Waals surface area contributed by atoms with Crippen LogP contribution in [0.3, 0.4) is 0 Å². The zero-order valence-corrected chi connectivity index (χ0v) is 10.3. The van der Waals surface area contributed by atoms with Crippen LogP contribution in [0.5, 0.6) is 0 Å². The Morgan fingerprint density at radius 3 is 2.29 bits per heavy atom. The van der Waals surface area contributed by atoms with Crippen molar-refractivity contribution in [3.05, 3.63) is 0 Å². The molecule has 0 spiro atoms. The van der Waals surface area contributed by atoms with Crippen LogP contribution >= 0.6 is 0 Å². The molecule has 1 amide bonds. The largest absolute Gasteiger partial charge is 0.481 e. The lowest BCUT2D eigenvalue weighted by molar-refractivity contribution is -0.139. The summed E-state index contributed by atoms with van der Waals surface area (Å²) in [5.41, 5.74) is 5.40. The summed E-state index contributed by atoms with van der Waals surface area (Å²) in [4.78, 5) is 21.9. The third kappa shape index (κ3) is 7.70. The zero-order chi connectivity index (χ0) is 13.4. The molecule has 0 aliphatic rings. The molecule has 0 fully saturated rings. The first-order chi connectivity index (χ1) is 7.86. The molecule has 0 bridgehead atoms. The first-order valence-corrected chi connectivity index (χ1v) is 5.75. The predicted octanol–water partition coefficient (Wildman–Crippen LogP) is -0.298. The van der Waals surface area contributed by atoms with Crippen LogP contribution in [0.15, 0.2) is 0 Å². The molecule has 0 unspecified atom stereocenters. The number of carbonyl (C=O) groups is 2. The summed E-state index contributed by atoms with van der Waals surface area (Å²) in [5, 5.41) is 20.1. The fourth-order valence-corrected chi connectivity index (χ4v) is 1.33. The summed E-state index contributed by atoms with van der Waals surface area (Å²) < 4.78 is 0. The lowest BCUT2D eigenvalue weighted by atomic mass is 10.0. The molecule has 0 saturated heterocycles. The summed E-state index contributed by atoms with van der Waals surface area (Å²) >= 11 is 0. The number of aliphatic carboxylic acids is 1. The molecule has 2 atom stereocenters. The summed E-state index contributed by atoms with van der Waals surface area (Å²) in [6.45, 7) is 3.93. The lowest BCUT2D eigenvalue weighted by Gasteiger charge is -2.19. The number of aliphatic hydroxyl groups is 1. The molecule has 0 aliphatic heterocycles. The van der Waals surface area contributed by atoms with E-state index < -0.39 is 24.3 Å². The SMILES string of the molecule is CC(C)CC[C@@H](CO)NC(=O)[C@@H](N)CC(=O)O. The van der Waals surface area contributed by atoms with Gasteiger partial charge < -0.3 is 21.3 Å². The van der Waals surface area contributed by atoms with Crippen LogP contribution in [0.4, 0.5) is 0 Å². The van der Waals surface area contributed by atoms with E-state index in [4.69, 9.17) is 15.9 Å². The Balaban J connectivity index is 4.09. The number of aliphatic hydroxyl groups excluding tert-OH is 1. The van der Waals surface area contributed by atoms with Gasteiger partial charge in [-0.3, -0.25) is 9.59 Å². The van der Waals surface area contributed by atoms with Crippen molar-refractivity contribution in [1.82, 2.24) is 5.32 Å². The van der Waals surface area contributed by atoms with E-state index in [1.165, 1.54) is 0 Å². The van der Waals surface area contributed by atoms with E-state index in [9.17, 15) is 9.59 Å². The molecule has 17 heavy (non-hydrogen) atoms. The zero-order valence-electron chi connectivity index (χ0n) is 10.3. The van der Waals surface area contributed by atoms with Crippen molar-refractivity contribution in [2.24, 2.45) is 11.7 Å². The molecule has 6 nitrogen and oxygen atoms in total. The molecule has 6 heteroatoms. The van der Waals surface area contributed by atoms with Gasteiger partial charge in [-0.05, 0) is 18.8 Å². The molecule has 0 aromatic rings. The highest BCUT2D eigenvalue weighted by molar-refractivity contribution is 5.86. The number of nitrogens with two attached hydrogens (primary N) is 1. The van der Waals surface area contributed by atoms with Gasteiger partial charge in [-0.2, -0.15) is 0 Å². The maximum atomic E-state index is 11.5. The van der Waals surface area contributed by atoms with Gasteiger partial charge in [0.15, 0.2) is 0 Å². The molecule has 0 aromatic carbocycles. The van der Waals surface area contributed by atoms with E-state index in [1.54, 1.807) is 0 Å². The smallest absolute Gasteiger partial charge is 0.305 e. The Labute approximate surface area is 101 Å². The average molecular weight is 246 g/mol. The summed E-state index contributed by atoms with van der Waals surface area (Å²) in [6, 6.07) is -1.43. The first kappa shape index (κ1) is 15.9. The molecule has 0 aliphatic carbocycles. The quantitative estimate of drug-likeness (QED) is 0.470. The van der Waals surface area contributed by atoms with Crippen molar-refractivity contribution < 1.29 is 19.8 Å². The normalized spacial score (nSPS) is 14.4. The van der Waals surface area contributed by atoms with Gasteiger partial charge >= 0.3 is 5.97 Å². The van der Waals surface area contributed by atoms with E-state index in [0.717, 1.165) is 6.42 Å². The molecule has 0 saturated carbocycles. The lowest BCUT2D eigenvalue weighted by Crippen LogP contribution is -2.47. The number of amides is 1. The molecule has 5 N–H and O–H groups in total. The fourth-order valence-electron chi connectivity index (χ4n) is 1.33. The highest BCUT2D eigenvalue weighted by Gasteiger charge is 2.20. The molecular weight excluding hydrogens is 224 g/mol. The van der Waals surface area contributed by atoms with E-state index >= 15 is 0 Å². The standard InChI is InChI=1S/C11H22N2O4/c1-7(2)3-4-8(6-14)13-11(17)9(12)5-10(15)16/h7-9,14H,3-6,12H2,1-2H3,(H,13,17)(H,15,16)/t8-,9-/m0/s1. The molecular formula is C11H22N2O4. The minimum atomic E-state index is -1.12. The van der Waals surface area contributed by atoms with Crippen molar-refractivity contribution in [2.45, 2.75) is 45.2 Å². The first-order valence-electron chi connectivity index (χ1n) is 5.75. The molecule has 0 radical (unpaired) electrons. The van der Waals surface area contributed by atoms with Crippen LogP contribution in [-0.4, -0.2) is 40.8 Å². The maximum Gasteiger partial charge on any atom is 0.305 e. The Bertz CT molecular complexity index is 256. The van der Waals surface area contributed by atoms with Crippen LogP contribution in [0.2, 0.25) is 0 Å². The van der Waals surface area contributed by atoms with Crippen molar-refractivity contribution in [2.75, 3.05) is 6.61 Å². The van der Waals surface area contributed by atoms with Crippen LogP contribution in [0.25, 0.3) is 0 Å². The van der Waals surface area contributed by atoms with Gasteiger partial charge in [-0.25, -0.2) is 0 Å². The second kappa shape index (κ2) is 8.03. The Morgan fingerprint density at radius 1 is 1.29 bits per heavy atom. The van der Waals surface area contributed by atoms with Gasteiger partial charge in [-0.15, -0.1) is 0 Å². The molecule has 100 valence electrons. The topological polar surface area (TPSA) is 113 Å². The second-order valence-electron chi connectivity index (χ2n) is 4.56. The average Bonchev–Trinajstić information content (AvgIpc) is 2.22. The van der Waals surface area contributed by atoms with Crippen LogP contribution in [-0.2, 0) is 9.59 Å². The monoisotopic (exact) mass is 246 g/mol. The van der Waals surface area contributed by atoms with Crippen LogP contribution in [0, 0.1) is 5.92 Å². The van der Waals surface area contributed by atoms with E-state index in [-0.39, 0.29) is 12.6 Å². The third-order valence-corrected chi connectivity index (χ3v) is 2.39. The third-order valence-electron chi connectivity index (χ3n) is 2.39. The second-order valence-corrected chi connectivity index (χ2v) is 4.56. The fraction of sp³-hybridized carbons (Fsp3) is 0.818.